The number of nitrogens with zero attached hydrogens (tertiary/aromatic N) is 1. The van der Waals surface area contributed by atoms with Crippen molar-refractivity contribution in [3.8, 4) is 5.75 Å². The number of anilines is 1. The number of ether oxygens (including phenoxy) is 3. The van der Waals surface area contributed by atoms with Crippen LogP contribution >= 0.6 is 0 Å². The molecule has 0 aliphatic rings. The molecule has 0 spiro atoms. The highest BCUT2D eigenvalue weighted by Crippen LogP contribution is 2.20. The Hall–Kier alpha value is -2.70. The second-order valence-corrected chi connectivity index (χ2v) is 5.72. The third-order valence-corrected chi connectivity index (χ3v) is 2.38. The fraction of sp³-hybridized carbons (Fsp3) is 0.375. The average Bonchev–Trinajstić information content (AvgIpc) is 2.42. The first-order valence-corrected chi connectivity index (χ1v) is 6.93. The summed E-state index contributed by atoms with van der Waals surface area (Å²) in [5, 5.41) is 0.954. The predicted molar refractivity (Wildman–Crippen MR) is 86.1 cm³/mol. The molecule has 0 aliphatic heterocycles. The Morgan fingerprint density at radius 3 is 2.17 bits per heavy atom. The van der Waals surface area contributed by atoms with Crippen molar-refractivity contribution in [1.29, 1.82) is 0 Å². The van der Waals surface area contributed by atoms with E-state index in [9.17, 15) is 9.59 Å². The van der Waals surface area contributed by atoms with Crippen LogP contribution in [0.25, 0.3) is 0 Å². The molecule has 7 heteroatoms. The summed E-state index contributed by atoms with van der Waals surface area (Å²) in [5.74, 6) is 0.809. The second-order valence-electron chi connectivity index (χ2n) is 5.72. The van der Waals surface area contributed by atoms with Crippen molar-refractivity contribution in [3.05, 3.63) is 36.6 Å². The van der Waals surface area contributed by atoms with Gasteiger partial charge in [-0.2, -0.15) is 5.01 Å². The molecule has 0 bridgehead atoms. The zero-order valence-electron chi connectivity index (χ0n) is 14.0. The van der Waals surface area contributed by atoms with E-state index in [1.165, 1.54) is 14.0 Å². The average molecular weight is 322 g/mol. The van der Waals surface area contributed by atoms with Crippen LogP contribution in [0.5, 0.6) is 5.75 Å². The number of nitrogens with one attached hydrogen (secondary N) is 1. The highest BCUT2D eigenvalue weighted by molar-refractivity contribution is 5.90. The lowest BCUT2D eigenvalue weighted by Crippen LogP contribution is -2.48. The van der Waals surface area contributed by atoms with Crippen molar-refractivity contribution in [2.75, 3.05) is 12.1 Å². The maximum absolute atomic E-state index is 12.3. The highest BCUT2D eigenvalue weighted by Gasteiger charge is 2.25. The van der Waals surface area contributed by atoms with Crippen molar-refractivity contribution in [3.63, 3.8) is 0 Å². The van der Waals surface area contributed by atoms with Crippen LogP contribution in [-0.4, -0.2) is 24.9 Å². The minimum Gasteiger partial charge on any atom is -0.497 e. The molecule has 0 heterocycles. The summed E-state index contributed by atoms with van der Waals surface area (Å²) in [5.41, 5.74) is 1.99. The van der Waals surface area contributed by atoms with Gasteiger partial charge in [0.15, 0.2) is 0 Å². The van der Waals surface area contributed by atoms with Crippen LogP contribution < -0.4 is 15.2 Å². The fourth-order valence-electron chi connectivity index (χ4n) is 1.53. The van der Waals surface area contributed by atoms with E-state index < -0.39 is 17.8 Å². The van der Waals surface area contributed by atoms with Crippen LogP contribution in [0.15, 0.2) is 36.6 Å². The first-order chi connectivity index (χ1) is 10.6. The van der Waals surface area contributed by atoms with Crippen molar-refractivity contribution in [1.82, 2.24) is 5.43 Å². The number of hydrazine groups is 1. The Bertz CT molecular complexity index is 575. The number of carbonyl (C=O) groups excluding carboxylic acids is 2. The van der Waals surface area contributed by atoms with Gasteiger partial charge in [-0.25, -0.2) is 15.0 Å². The van der Waals surface area contributed by atoms with Gasteiger partial charge in [-0.1, -0.05) is 6.58 Å². The maximum Gasteiger partial charge on any atom is 0.434 e. The topological polar surface area (TPSA) is 77.1 Å². The molecule has 7 nitrogen and oxygen atoms in total. The third kappa shape index (κ3) is 6.29. The monoisotopic (exact) mass is 322 g/mol. The molecule has 126 valence electrons. The zero-order valence-corrected chi connectivity index (χ0v) is 14.0. The van der Waals surface area contributed by atoms with E-state index in [0.717, 1.165) is 5.01 Å². The summed E-state index contributed by atoms with van der Waals surface area (Å²) in [4.78, 5) is 24.1. The third-order valence-electron chi connectivity index (χ3n) is 2.38. The highest BCUT2D eigenvalue weighted by atomic mass is 16.6. The molecule has 0 radical (unpaired) electrons. The quantitative estimate of drug-likeness (QED) is 0.679. The van der Waals surface area contributed by atoms with Crippen LogP contribution in [-0.2, 0) is 9.47 Å². The van der Waals surface area contributed by atoms with Crippen molar-refractivity contribution >= 4 is 17.9 Å². The fourth-order valence-corrected chi connectivity index (χ4v) is 1.53. The van der Waals surface area contributed by atoms with Crippen molar-refractivity contribution in [2.45, 2.75) is 33.3 Å². The van der Waals surface area contributed by atoms with E-state index in [1.54, 1.807) is 45.0 Å². The van der Waals surface area contributed by atoms with Crippen LogP contribution in [0, 0.1) is 0 Å². The minimum absolute atomic E-state index is 0.196. The lowest BCUT2D eigenvalue weighted by molar-refractivity contribution is 0.0557. The second kappa shape index (κ2) is 7.53. The Morgan fingerprint density at radius 1 is 1.17 bits per heavy atom. The molecule has 1 rings (SSSR count). The molecule has 0 saturated heterocycles. The molecule has 1 aromatic carbocycles. The van der Waals surface area contributed by atoms with Gasteiger partial charge >= 0.3 is 12.2 Å². The lowest BCUT2D eigenvalue weighted by Gasteiger charge is -2.27. The maximum atomic E-state index is 12.3. The number of rotatable bonds is 3. The van der Waals surface area contributed by atoms with Crippen LogP contribution in [0.3, 0.4) is 0 Å². The van der Waals surface area contributed by atoms with Gasteiger partial charge in [0.2, 0.25) is 0 Å². The van der Waals surface area contributed by atoms with Crippen LogP contribution in [0.1, 0.15) is 27.7 Å². The van der Waals surface area contributed by atoms with Gasteiger partial charge in [0.25, 0.3) is 0 Å². The number of allylic oxidation sites excluding steroid dienone is 1. The number of amides is 2. The molecule has 1 aromatic rings. The molecule has 0 saturated carbocycles. The number of hydrogen-bond donors (Lipinski definition) is 1. The molecule has 0 aliphatic carbocycles. The van der Waals surface area contributed by atoms with Gasteiger partial charge in [-0.15, -0.1) is 0 Å². The Kier molecular flexibility index (Phi) is 6.01. The summed E-state index contributed by atoms with van der Waals surface area (Å²) in [6.07, 6.45) is -1.60. The standard InChI is InChI=1S/C16H22N2O5/c1-11(2)22-14(19)17-18(15(20)23-16(3,4)5)12-7-9-13(21-6)10-8-12/h7-10H,1H2,2-6H3,(H,17,19). The van der Waals surface area contributed by atoms with Gasteiger partial charge in [0.1, 0.15) is 11.4 Å². The SMILES string of the molecule is C=C(C)OC(=O)NN(C(=O)OC(C)(C)C)c1ccc(OC)cc1. The first-order valence-electron chi connectivity index (χ1n) is 6.93. The molecular weight excluding hydrogens is 300 g/mol. The predicted octanol–water partition coefficient (Wildman–Crippen LogP) is 3.61. The van der Waals surface area contributed by atoms with E-state index >= 15 is 0 Å². The molecule has 0 unspecified atom stereocenters. The molecule has 1 N–H and O–H groups in total. The molecule has 0 fully saturated rings. The van der Waals surface area contributed by atoms with Gasteiger partial charge in [0.05, 0.1) is 18.6 Å². The molecule has 0 aromatic heterocycles. The summed E-state index contributed by atoms with van der Waals surface area (Å²) in [6.45, 7) is 10.2. The molecule has 2 amide bonds. The molecular formula is C16H22N2O5. The number of methoxy groups -OCH3 is 1. The van der Waals surface area contributed by atoms with Crippen LogP contribution in [0.2, 0.25) is 0 Å². The van der Waals surface area contributed by atoms with Gasteiger partial charge in [0, 0.05) is 0 Å². The van der Waals surface area contributed by atoms with Gasteiger partial charge in [-0.05, 0) is 52.0 Å². The minimum atomic E-state index is -0.848. The van der Waals surface area contributed by atoms with E-state index in [4.69, 9.17) is 14.2 Å². The van der Waals surface area contributed by atoms with Crippen molar-refractivity contribution in [2.24, 2.45) is 0 Å². The smallest absolute Gasteiger partial charge is 0.434 e. The Labute approximate surface area is 135 Å². The van der Waals surface area contributed by atoms with Crippen molar-refractivity contribution < 1.29 is 23.8 Å². The van der Waals surface area contributed by atoms with Gasteiger partial charge < -0.3 is 14.2 Å². The van der Waals surface area contributed by atoms with E-state index in [2.05, 4.69) is 12.0 Å². The number of hydrogen-bond acceptors (Lipinski definition) is 5. The zero-order chi connectivity index (χ0) is 17.6. The van der Waals surface area contributed by atoms with Gasteiger partial charge in [-0.3, -0.25) is 0 Å². The summed E-state index contributed by atoms with van der Waals surface area (Å²) < 4.78 is 15.2. The summed E-state index contributed by atoms with van der Waals surface area (Å²) >= 11 is 0. The number of benzene rings is 1. The lowest BCUT2D eigenvalue weighted by atomic mass is 10.2. The summed E-state index contributed by atoms with van der Waals surface area (Å²) in [7, 11) is 1.53. The Morgan fingerprint density at radius 2 is 1.74 bits per heavy atom. The number of carbonyl (C=O) groups is 2. The van der Waals surface area contributed by atoms with Crippen LogP contribution in [0.4, 0.5) is 15.3 Å². The Balaban J connectivity index is 3.01. The van der Waals surface area contributed by atoms with E-state index in [-0.39, 0.29) is 5.76 Å². The normalized spacial score (nSPS) is 10.5. The molecule has 0 atom stereocenters. The first kappa shape index (κ1) is 18.3. The van der Waals surface area contributed by atoms with E-state index in [1.807, 2.05) is 0 Å². The molecule has 23 heavy (non-hydrogen) atoms. The van der Waals surface area contributed by atoms with E-state index in [0.29, 0.717) is 11.4 Å². The largest absolute Gasteiger partial charge is 0.497 e. The summed E-state index contributed by atoms with van der Waals surface area (Å²) in [6, 6.07) is 6.50.